The maximum Gasteiger partial charge on any atom is 0.410 e. The van der Waals surface area contributed by atoms with Gasteiger partial charge in [-0.2, -0.15) is 0 Å². The molecule has 28 heavy (non-hydrogen) atoms. The number of fused-ring (bicyclic) bond motifs is 2. The Morgan fingerprint density at radius 2 is 2.07 bits per heavy atom. The van der Waals surface area contributed by atoms with Gasteiger partial charge in [0.25, 0.3) is 0 Å². The van der Waals surface area contributed by atoms with E-state index in [-0.39, 0.29) is 6.09 Å². The molecule has 0 spiro atoms. The minimum Gasteiger partial charge on any atom is -0.457 e. The van der Waals surface area contributed by atoms with E-state index in [2.05, 4.69) is 29.3 Å². The predicted octanol–water partition coefficient (Wildman–Crippen LogP) is 5.13. The van der Waals surface area contributed by atoms with E-state index in [1.165, 1.54) is 11.1 Å². The second-order valence-electron chi connectivity index (χ2n) is 8.31. The molecule has 1 aliphatic heterocycles. The van der Waals surface area contributed by atoms with Gasteiger partial charge in [-0.25, -0.2) is 4.79 Å². The zero-order valence-electron chi connectivity index (χ0n) is 16.7. The Labute approximate surface area is 166 Å². The lowest BCUT2D eigenvalue weighted by Gasteiger charge is -2.26. The van der Waals surface area contributed by atoms with Gasteiger partial charge in [0.1, 0.15) is 17.1 Å². The minimum atomic E-state index is -0.507. The van der Waals surface area contributed by atoms with Crippen LogP contribution in [0.15, 0.2) is 36.5 Å². The molecule has 1 amide bonds. The molecule has 2 heterocycles. The zero-order chi connectivity index (χ0) is 19.7. The molecule has 5 heteroatoms. The zero-order valence-corrected chi connectivity index (χ0v) is 16.7. The summed E-state index contributed by atoms with van der Waals surface area (Å²) in [5.74, 6) is 1.64. The maximum absolute atomic E-state index is 12.5. The highest BCUT2D eigenvalue weighted by Gasteiger charge is 2.26. The summed E-state index contributed by atoms with van der Waals surface area (Å²) in [6.07, 6.45) is 8.41. The number of carbonyl (C=O) groups excluding carboxylic acids is 1. The predicted molar refractivity (Wildman–Crippen MR) is 108 cm³/mol. The van der Waals surface area contributed by atoms with E-state index in [4.69, 9.17) is 9.47 Å². The second kappa shape index (κ2) is 7.30. The highest BCUT2D eigenvalue weighted by Crippen LogP contribution is 2.32. The van der Waals surface area contributed by atoms with Crippen LogP contribution in [0.1, 0.15) is 49.6 Å². The molecule has 0 N–H and O–H groups in total. The molecule has 0 unspecified atom stereocenters. The van der Waals surface area contributed by atoms with Gasteiger partial charge in [0, 0.05) is 18.3 Å². The van der Waals surface area contributed by atoms with Crippen LogP contribution in [0, 0.1) is 0 Å². The van der Waals surface area contributed by atoms with Gasteiger partial charge in [0.05, 0.1) is 12.2 Å². The van der Waals surface area contributed by atoms with Crippen molar-refractivity contribution >= 4 is 12.2 Å². The molecule has 0 fully saturated rings. The molecule has 0 bridgehead atoms. The van der Waals surface area contributed by atoms with E-state index >= 15 is 0 Å². The van der Waals surface area contributed by atoms with Gasteiger partial charge >= 0.3 is 6.09 Å². The minimum absolute atomic E-state index is 0.293. The van der Waals surface area contributed by atoms with Crippen LogP contribution in [0.5, 0.6) is 11.5 Å². The molecule has 1 aromatic heterocycles. The summed E-state index contributed by atoms with van der Waals surface area (Å²) in [5, 5.41) is 0. The van der Waals surface area contributed by atoms with Gasteiger partial charge in [-0.05, 0) is 69.4 Å². The molecule has 1 aliphatic carbocycles. The van der Waals surface area contributed by atoms with Crippen molar-refractivity contribution in [1.29, 1.82) is 0 Å². The van der Waals surface area contributed by atoms with Crippen LogP contribution in [0.2, 0.25) is 0 Å². The van der Waals surface area contributed by atoms with Gasteiger partial charge < -0.3 is 14.4 Å². The maximum atomic E-state index is 12.5. The van der Waals surface area contributed by atoms with Crippen molar-refractivity contribution in [2.24, 2.45) is 0 Å². The Balaban J connectivity index is 1.55. The summed E-state index contributed by atoms with van der Waals surface area (Å²) in [7, 11) is 0. The fourth-order valence-corrected chi connectivity index (χ4v) is 3.62. The Kier molecular flexibility index (Phi) is 4.84. The summed E-state index contributed by atoms with van der Waals surface area (Å²) in [6, 6.07) is 8.12. The molecule has 146 valence electrons. The quantitative estimate of drug-likeness (QED) is 0.727. The van der Waals surface area contributed by atoms with Crippen LogP contribution >= 0.6 is 0 Å². The summed E-state index contributed by atoms with van der Waals surface area (Å²) < 4.78 is 11.8. The van der Waals surface area contributed by atoms with Crippen LogP contribution in [-0.2, 0) is 24.1 Å². The smallest absolute Gasteiger partial charge is 0.410 e. The van der Waals surface area contributed by atoms with Gasteiger partial charge in [-0.1, -0.05) is 18.2 Å². The van der Waals surface area contributed by atoms with E-state index in [1.54, 1.807) is 11.1 Å². The van der Waals surface area contributed by atoms with Gasteiger partial charge in [0.2, 0.25) is 0 Å². The molecule has 0 saturated carbocycles. The van der Waals surface area contributed by atoms with Gasteiger partial charge in [0.15, 0.2) is 0 Å². The largest absolute Gasteiger partial charge is 0.457 e. The lowest BCUT2D eigenvalue weighted by atomic mass is 10.1. The monoisotopic (exact) mass is 378 g/mol. The van der Waals surface area contributed by atoms with Crippen molar-refractivity contribution in [3.8, 4) is 11.5 Å². The average molecular weight is 378 g/mol. The fourth-order valence-electron chi connectivity index (χ4n) is 3.62. The molecule has 1 aromatic carbocycles. The Morgan fingerprint density at radius 3 is 2.89 bits per heavy atom. The Bertz CT molecular complexity index is 928. The van der Waals surface area contributed by atoms with Gasteiger partial charge in [-0.3, -0.25) is 4.98 Å². The van der Waals surface area contributed by atoms with E-state index in [1.807, 2.05) is 32.9 Å². The number of carbonyl (C=O) groups is 1. The first kappa shape index (κ1) is 18.5. The van der Waals surface area contributed by atoms with Crippen LogP contribution in [-0.4, -0.2) is 28.1 Å². The van der Waals surface area contributed by atoms with Gasteiger partial charge in [-0.15, -0.1) is 0 Å². The second-order valence-corrected chi connectivity index (χ2v) is 8.31. The molecule has 0 atom stereocenters. The van der Waals surface area contributed by atoms with Crippen molar-refractivity contribution in [1.82, 2.24) is 9.88 Å². The lowest BCUT2D eigenvalue weighted by Crippen LogP contribution is -2.36. The molecule has 2 aromatic rings. The van der Waals surface area contributed by atoms with Crippen molar-refractivity contribution in [3.63, 3.8) is 0 Å². The summed E-state index contributed by atoms with van der Waals surface area (Å²) in [4.78, 5) is 18.8. The number of hydrogen-bond acceptors (Lipinski definition) is 4. The Morgan fingerprint density at radius 1 is 1.21 bits per heavy atom. The number of nitrogens with zero attached hydrogens (tertiary/aromatic N) is 2. The number of hydrogen-bond donors (Lipinski definition) is 0. The van der Waals surface area contributed by atoms with Crippen molar-refractivity contribution < 1.29 is 14.3 Å². The highest BCUT2D eigenvalue weighted by molar-refractivity contribution is 5.68. The summed E-state index contributed by atoms with van der Waals surface area (Å²) in [6.45, 7) is 6.73. The number of rotatable bonds is 2. The third-order valence-electron chi connectivity index (χ3n) is 4.93. The third kappa shape index (κ3) is 4.03. The third-order valence-corrected chi connectivity index (χ3v) is 4.93. The average Bonchev–Trinajstić information content (AvgIpc) is 2.97. The number of ether oxygens (including phenoxy) is 2. The van der Waals surface area contributed by atoms with Crippen molar-refractivity contribution in [3.05, 3.63) is 58.9 Å². The van der Waals surface area contributed by atoms with Crippen molar-refractivity contribution in [2.75, 3.05) is 6.54 Å². The normalized spacial score (nSPS) is 15.6. The number of amides is 1. The van der Waals surface area contributed by atoms with E-state index in [0.29, 0.717) is 13.1 Å². The number of aromatic nitrogens is 1. The molecule has 4 rings (SSSR count). The molecular weight excluding hydrogens is 352 g/mol. The Hall–Kier alpha value is -2.82. The number of pyridine rings is 1. The fraction of sp³-hybridized carbons (Fsp3) is 0.391. The number of allylic oxidation sites excluding steroid dienone is 1. The molecule has 0 saturated heterocycles. The molecular formula is C23H26N2O3. The summed E-state index contributed by atoms with van der Waals surface area (Å²) >= 11 is 0. The SMILES string of the molecule is CC(C)(C)OC(=O)N1CCCc2c(Oc3ccc4c(c3)C=CC4)ccnc2C1. The van der Waals surface area contributed by atoms with E-state index in [9.17, 15) is 4.79 Å². The van der Waals surface area contributed by atoms with Crippen LogP contribution in [0.3, 0.4) is 0 Å². The lowest BCUT2D eigenvalue weighted by molar-refractivity contribution is 0.0234. The van der Waals surface area contributed by atoms with Crippen LogP contribution in [0.4, 0.5) is 4.79 Å². The molecule has 5 nitrogen and oxygen atoms in total. The van der Waals surface area contributed by atoms with E-state index < -0.39 is 5.60 Å². The first-order valence-corrected chi connectivity index (χ1v) is 9.81. The highest BCUT2D eigenvalue weighted by atomic mass is 16.6. The molecule has 0 radical (unpaired) electrons. The van der Waals surface area contributed by atoms with Crippen molar-refractivity contribution in [2.45, 2.75) is 52.2 Å². The van der Waals surface area contributed by atoms with Crippen LogP contribution in [0.25, 0.3) is 6.08 Å². The first-order chi connectivity index (χ1) is 13.4. The first-order valence-electron chi connectivity index (χ1n) is 9.81. The summed E-state index contributed by atoms with van der Waals surface area (Å²) in [5.41, 5.74) is 3.99. The molecule has 2 aliphatic rings. The topological polar surface area (TPSA) is 51.7 Å². The van der Waals surface area contributed by atoms with Crippen LogP contribution < -0.4 is 4.74 Å². The number of benzene rings is 1. The van der Waals surface area contributed by atoms with E-state index in [0.717, 1.165) is 42.0 Å². The standard InChI is InChI=1S/C23H26N2O3/c1-23(2,3)28-22(26)25-13-5-8-19-20(15-25)24-12-11-21(19)27-18-10-9-16-6-4-7-17(16)14-18/h4,7,9-12,14H,5-6,8,13,15H2,1-3H3.